The number of alkyl halides is 3. The zero-order chi connectivity index (χ0) is 16.1. The monoisotopic (exact) mass is 331 g/mol. The molecule has 120 valence electrons. The van der Waals surface area contributed by atoms with Gasteiger partial charge in [0.05, 0.1) is 13.2 Å². The Morgan fingerprint density at radius 3 is 2.43 bits per heavy atom. The molecule has 1 aromatic rings. The fourth-order valence-electron chi connectivity index (χ4n) is 1.35. The summed E-state index contributed by atoms with van der Waals surface area (Å²) in [6.45, 7) is -1.69. The molecular formula is C11H13F4NO4S. The summed E-state index contributed by atoms with van der Waals surface area (Å²) in [4.78, 5) is -0.529. The molecule has 0 amide bonds. The molecule has 0 unspecified atom stereocenters. The smallest absolute Gasteiger partial charge is 0.411 e. The van der Waals surface area contributed by atoms with Gasteiger partial charge in [-0.25, -0.2) is 17.9 Å². The highest BCUT2D eigenvalue weighted by Crippen LogP contribution is 2.23. The third-order valence-electron chi connectivity index (χ3n) is 2.17. The molecule has 0 saturated carbocycles. The number of hydrogen-bond donors (Lipinski definition) is 1. The third-order valence-corrected chi connectivity index (χ3v) is 3.10. The second-order valence-corrected chi connectivity index (χ2v) is 5.54. The van der Waals surface area contributed by atoms with Gasteiger partial charge in [-0.3, -0.25) is 0 Å². The van der Waals surface area contributed by atoms with Crippen LogP contribution in [0.3, 0.4) is 0 Å². The Hall–Kier alpha value is -1.39. The first-order valence-electron chi connectivity index (χ1n) is 5.69. The molecule has 1 rings (SSSR count). The molecule has 0 fully saturated rings. The van der Waals surface area contributed by atoms with Crippen LogP contribution in [0.4, 0.5) is 17.6 Å². The van der Waals surface area contributed by atoms with Gasteiger partial charge in [-0.2, -0.15) is 13.2 Å². The van der Waals surface area contributed by atoms with E-state index in [2.05, 4.69) is 4.74 Å². The number of halogens is 4. The minimum absolute atomic E-state index is 0.0948. The molecule has 0 heterocycles. The summed E-state index contributed by atoms with van der Waals surface area (Å²) in [5.74, 6) is -0.977. The minimum Gasteiger partial charge on any atom is -0.492 e. The van der Waals surface area contributed by atoms with Crippen molar-refractivity contribution in [2.45, 2.75) is 17.5 Å². The van der Waals surface area contributed by atoms with Gasteiger partial charge in [0.1, 0.15) is 23.1 Å². The fraction of sp³-hybridized carbons (Fsp3) is 0.455. The van der Waals surface area contributed by atoms with Gasteiger partial charge in [-0.05, 0) is 18.2 Å². The van der Waals surface area contributed by atoms with Crippen LogP contribution in [0.2, 0.25) is 0 Å². The van der Waals surface area contributed by atoms with Crippen LogP contribution in [0.1, 0.15) is 6.42 Å². The Morgan fingerprint density at radius 2 is 1.86 bits per heavy atom. The Kier molecular flexibility index (Phi) is 5.93. The highest BCUT2D eigenvalue weighted by atomic mass is 32.2. The van der Waals surface area contributed by atoms with E-state index in [1.54, 1.807) is 0 Å². The number of hydrogen-bond acceptors (Lipinski definition) is 4. The molecule has 0 aliphatic carbocycles. The molecule has 0 aliphatic rings. The van der Waals surface area contributed by atoms with Crippen LogP contribution in [-0.2, 0) is 14.8 Å². The van der Waals surface area contributed by atoms with Gasteiger partial charge in [0.15, 0.2) is 0 Å². The summed E-state index contributed by atoms with van der Waals surface area (Å²) < 4.78 is 80.2. The maximum atomic E-state index is 13.0. The highest BCUT2D eigenvalue weighted by Gasteiger charge is 2.27. The van der Waals surface area contributed by atoms with Gasteiger partial charge >= 0.3 is 6.18 Å². The molecule has 10 heteroatoms. The van der Waals surface area contributed by atoms with E-state index in [0.29, 0.717) is 6.07 Å². The van der Waals surface area contributed by atoms with Gasteiger partial charge in [0, 0.05) is 6.42 Å². The number of benzene rings is 1. The van der Waals surface area contributed by atoms with Gasteiger partial charge in [0.25, 0.3) is 0 Å². The molecule has 1 aromatic carbocycles. The van der Waals surface area contributed by atoms with E-state index in [1.807, 2.05) is 0 Å². The molecular weight excluding hydrogens is 318 g/mol. The van der Waals surface area contributed by atoms with Crippen LogP contribution < -0.4 is 9.88 Å². The summed E-state index contributed by atoms with van der Waals surface area (Å²) in [7, 11) is -4.17. The number of nitrogens with two attached hydrogens (primary N) is 1. The maximum absolute atomic E-state index is 13.0. The van der Waals surface area contributed by atoms with Crippen molar-refractivity contribution in [3.63, 3.8) is 0 Å². The topological polar surface area (TPSA) is 78.6 Å². The lowest BCUT2D eigenvalue weighted by molar-refractivity contribution is -0.174. The Morgan fingerprint density at radius 1 is 1.19 bits per heavy atom. The van der Waals surface area contributed by atoms with Crippen LogP contribution in [0, 0.1) is 5.82 Å². The molecule has 0 aromatic heterocycles. The molecule has 0 radical (unpaired) electrons. The number of sulfonamides is 1. The summed E-state index contributed by atoms with van der Waals surface area (Å²) in [6, 6.07) is 2.75. The molecule has 0 spiro atoms. The summed E-state index contributed by atoms with van der Waals surface area (Å²) >= 11 is 0. The van der Waals surface area contributed by atoms with Crippen molar-refractivity contribution in [3.8, 4) is 5.75 Å². The summed E-state index contributed by atoms with van der Waals surface area (Å²) in [5, 5.41) is 4.90. The van der Waals surface area contributed by atoms with Gasteiger partial charge in [-0.1, -0.05) is 0 Å². The minimum atomic E-state index is -4.40. The second kappa shape index (κ2) is 7.05. The average Bonchev–Trinajstić information content (AvgIpc) is 2.32. The van der Waals surface area contributed by atoms with E-state index < -0.39 is 33.5 Å². The molecule has 21 heavy (non-hydrogen) atoms. The van der Waals surface area contributed by atoms with Crippen LogP contribution in [0.5, 0.6) is 5.75 Å². The third kappa shape index (κ3) is 6.74. The molecule has 2 N–H and O–H groups in total. The van der Waals surface area contributed by atoms with Crippen molar-refractivity contribution in [2.24, 2.45) is 5.14 Å². The Balaban J connectivity index is 2.50. The van der Waals surface area contributed by atoms with Crippen molar-refractivity contribution in [1.29, 1.82) is 0 Å². The van der Waals surface area contributed by atoms with Crippen LogP contribution in [0.15, 0.2) is 23.1 Å². The molecule has 5 nitrogen and oxygen atoms in total. The number of ether oxygens (including phenoxy) is 2. The predicted octanol–water partition coefficient (Wildman–Crippen LogP) is 1.82. The largest absolute Gasteiger partial charge is 0.492 e. The molecule has 0 aliphatic heterocycles. The molecule has 0 saturated heterocycles. The number of rotatable bonds is 7. The lowest BCUT2D eigenvalue weighted by atomic mass is 10.3. The summed E-state index contributed by atoms with van der Waals surface area (Å²) in [5.41, 5.74) is 0. The number of primary sulfonamides is 1. The quantitative estimate of drug-likeness (QED) is 0.611. The van der Waals surface area contributed by atoms with E-state index >= 15 is 0 Å². The molecule has 0 bridgehead atoms. The first-order chi connectivity index (χ1) is 9.59. The lowest BCUT2D eigenvalue weighted by Gasteiger charge is -2.11. The molecule has 0 atom stereocenters. The standard InChI is InChI=1S/C11H13F4NO4S/c12-8-2-3-9(10(6-8)21(16,17)18)20-5-1-4-19-7-11(13,14)15/h2-3,6H,1,4-5,7H2,(H2,16,17,18). The highest BCUT2D eigenvalue weighted by molar-refractivity contribution is 7.89. The van der Waals surface area contributed by atoms with Crippen molar-refractivity contribution in [3.05, 3.63) is 24.0 Å². The van der Waals surface area contributed by atoms with Gasteiger partial charge in [-0.15, -0.1) is 0 Å². The summed E-state index contributed by atoms with van der Waals surface area (Å²) in [6.07, 6.45) is -4.31. The van der Waals surface area contributed by atoms with Crippen molar-refractivity contribution >= 4 is 10.0 Å². The van der Waals surface area contributed by atoms with Crippen LogP contribution >= 0.6 is 0 Å². The predicted molar refractivity (Wildman–Crippen MR) is 64.8 cm³/mol. The van der Waals surface area contributed by atoms with E-state index in [1.165, 1.54) is 0 Å². The zero-order valence-corrected chi connectivity index (χ0v) is 11.5. The first-order valence-corrected chi connectivity index (χ1v) is 7.24. The van der Waals surface area contributed by atoms with Crippen molar-refractivity contribution < 1.29 is 35.5 Å². The SMILES string of the molecule is NS(=O)(=O)c1cc(F)ccc1OCCCOCC(F)(F)F. The fourth-order valence-corrected chi connectivity index (χ4v) is 2.04. The maximum Gasteiger partial charge on any atom is 0.411 e. The van der Waals surface area contributed by atoms with Crippen molar-refractivity contribution in [2.75, 3.05) is 19.8 Å². The van der Waals surface area contributed by atoms with Crippen LogP contribution in [0.25, 0.3) is 0 Å². The average molecular weight is 331 g/mol. The lowest BCUT2D eigenvalue weighted by Crippen LogP contribution is -2.18. The van der Waals surface area contributed by atoms with Gasteiger partial charge < -0.3 is 9.47 Å². The van der Waals surface area contributed by atoms with Crippen LogP contribution in [-0.4, -0.2) is 34.4 Å². The Bertz CT molecular complexity index is 574. The van der Waals surface area contributed by atoms with E-state index in [-0.39, 0.29) is 25.4 Å². The zero-order valence-electron chi connectivity index (χ0n) is 10.7. The van der Waals surface area contributed by atoms with Crippen molar-refractivity contribution in [1.82, 2.24) is 0 Å². The van der Waals surface area contributed by atoms with E-state index in [0.717, 1.165) is 12.1 Å². The normalized spacial score (nSPS) is 12.4. The first kappa shape index (κ1) is 17.7. The van der Waals surface area contributed by atoms with E-state index in [9.17, 15) is 26.0 Å². The van der Waals surface area contributed by atoms with Gasteiger partial charge in [0.2, 0.25) is 10.0 Å². The van der Waals surface area contributed by atoms with E-state index in [4.69, 9.17) is 9.88 Å². The second-order valence-electron chi connectivity index (χ2n) is 4.01. The Labute approximate surface area is 118 Å².